The minimum Gasteiger partial charge on any atom is -0.370 e. The van der Waals surface area contributed by atoms with Crippen molar-refractivity contribution in [1.82, 2.24) is 15.6 Å². The van der Waals surface area contributed by atoms with Crippen molar-refractivity contribution in [2.75, 3.05) is 13.1 Å². The van der Waals surface area contributed by atoms with Crippen LogP contribution in [0.2, 0.25) is 0 Å². The minimum absolute atomic E-state index is 0.0653. The number of aromatic amines is 1. The van der Waals surface area contributed by atoms with Gasteiger partial charge in [0.05, 0.1) is 6.04 Å². The van der Waals surface area contributed by atoms with E-state index in [0.29, 0.717) is 25.8 Å². The van der Waals surface area contributed by atoms with Gasteiger partial charge in [-0.05, 0) is 43.9 Å². The number of aromatic nitrogens is 1. The number of H-pyrrole nitrogens is 1. The number of aliphatic imine (C=N–C) groups is 1. The van der Waals surface area contributed by atoms with Crippen LogP contribution in [-0.2, 0) is 20.8 Å². The molecule has 0 saturated carbocycles. The topological polar surface area (TPSA) is 234 Å². The van der Waals surface area contributed by atoms with Crippen molar-refractivity contribution in [1.29, 1.82) is 0 Å². The first-order valence-electron chi connectivity index (χ1n) is 11.7. The molecule has 0 fully saturated rings. The van der Waals surface area contributed by atoms with Crippen LogP contribution in [0.15, 0.2) is 35.5 Å². The first-order valence-corrected chi connectivity index (χ1v) is 11.7. The van der Waals surface area contributed by atoms with E-state index in [-0.39, 0.29) is 25.3 Å². The Hall–Kier alpha value is -3.64. The average molecular weight is 488 g/mol. The quantitative estimate of drug-likeness (QED) is 0.0855. The van der Waals surface area contributed by atoms with Gasteiger partial charge >= 0.3 is 0 Å². The van der Waals surface area contributed by atoms with Gasteiger partial charge in [-0.15, -0.1) is 0 Å². The summed E-state index contributed by atoms with van der Waals surface area (Å²) in [5, 5.41) is 6.30. The second-order valence-electron chi connectivity index (χ2n) is 8.43. The number of fused-ring (bicyclic) bond motifs is 1. The van der Waals surface area contributed by atoms with E-state index < -0.39 is 35.8 Å². The highest BCUT2D eigenvalue weighted by atomic mass is 16.2. The van der Waals surface area contributed by atoms with Gasteiger partial charge in [0.25, 0.3) is 0 Å². The summed E-state index contributed by atoms with van der Waals surface area (Å²) in [5.41, 5.74) is 29.5. The molecule has 1 heterocycles. The Balaban J connectivity index is 2.10. The molecule has 12 heteroatoms. The monoisotopic (exact) mass is 487 g/mol. The van der Waals surface area contributed by atoms with Crippen LogP contribution < -0.4 is 39.3 Å². The van der Waals surface area contributed by atoms with Crippen molar-refractivity contribution in [3.8, 4) is 0 Å². The molecule has 3 atom stereocenters. The van der Waals surface area contributed by atoms with Crippen LogP contribution >= 0.6 is 0 Å². The molecule has 0 aliphatic rings. The number of rotatable bonds is 15. The molecule has 2 rings (SSSR count). The van der Waals surface area contributed by atoms with Crippen LogP contribution in [0.1, 0.15) is 37.7 Å². The molecule has 3 amide bonds. The standard InChI is InChI=1S/C23H37N9O3/c24-10-4-3-7-16(25)21(34)31-18(9-5-11-29-23(27)28)22(35)32-19(20(26)33)12-14-13-30-17-8-2-1-6-15(14)17/h1-2,6,8,13,16,18-19,30H,3-5,7,9-12,24-25H2,(H2,26,33)(H,31,34)(H,32,35)(H4,27,28,29)/t16-,18+,19+/m1/s1. The molecular formula is C23H37N9O3. The summed E-state index contributed by atoms with van der Waals surface area (Å²) in [4.78, 5) is 44.9. The number of amides is 3. The fourth-order valence-electron chi connectivity index (χ4n) is 3.71. The van der Waals surface area contributed by atoms with Gasteiger partial charge in [0, 0.05) is 30.1 Å². The summed E-state index contributed by atoms with van der Waals surface area (Å²) < 4.78 is 0. The highest BCUT2D eigenvalue weighted by Gasteiger charge is 2.27. The van der Waals surface area contributed by atoms with Crippen LogP contribution in [0.3, 0.4) is 0 Å². The van der Waals surface area contributed by atoms with Crippen molar-refractivity contribution in [2.45, 2.75) is 56.7 Å². The van der Waals surface area contributed by atoms with Gasteiger partial charge in [-0.3, -0.25) is 19.4 Å². The van der Waals surface area contributed by atoms with E-state index in [1.165, 1.54) is 0 Å². The summed E-state index contributed by atoms with van der Waals surface area (Å²) in [7, 11) is 0. The summed E-state index contributed by atoms with van der Waals surface area (Å²) in [5.74, 6) is -1.76. The highest BCUT2D eigenvalue weighted by molar-refractivity contribution is 5.93. The molecule has 0 unspecified atom stereocenters. The second-order valence-corrected chi connectivity index (χ2v) is 8.43. The Kier molecular flexibility index (Phi) is 11.0. The Bertz CT molecular complexity index is 1020. The van der Waals surface area contributed by atoms with Gasteiger partial charge in [0.15, 0.2) is 5.96 Å². The van der Waals surface area contributed by atoms with E-state index in [2.05, 4.69) is 20.6 Å². The lowest BCUT2D eigenvalue weighted by Crippen LogP contribution is -2.55. The van der Waals surface area contributed by atoms with Crippen LogP contribution in [0, 0.1) is 0 Å². The van der Waals surface area contributed by atoms with Gasteiger partial charge in [0.1, 0.15) is 12.1 Å². The van der Waals surface area contributed by atoms with Gasteiger partial charge in [0.2, 0.25) is 17.7 Å². The number of benzene rings is 1. The summed E-state index contributed by atoms with van der Waals surface area (Å²) in [6.07, 6.45) is 4.51. The van der Waals surface area contributed by atoms with Crippen molar-refractivity contribution in [3.63, 3.8) is 0 Å². The zero-order valence-electron chi connectivity index (χ0n) is 19.8. The number of nitrogens with two attached hydrogens (primary N) is 5. The number of para-hydroxylation sites is 1. The van der Waals surface area contributed by atoms with E-state index in [0.717, 1.165) is 22.9 Å². The maximum Gasteiger partial charge on any atom is 0.243 e. The van der Waals surface area contributed by atoms with E-state index in [1.54, 1.807) is 6.20 Å². The summed E-state index contributed by atoms with van der Waals surface area (Å²) >= 11 is 0. The predicted octanol–water partition coefficient (Wildman–Crippen LogP) is -1.32. The molecular weight excluding hydrogens is 450 g/mol. The average Bonchev–Trinajstić information content (AvgIpc) is 3.23. The molecule has 192 valence electrons. The largest absolute Gasteiger partial charge is 0.370 e. The molecule has 12 nitrogen and oxygen atoms in total. The third-order valence-electron chi connectivity index (χ3n) is 5.64. The van der Waals surface area contributed by atoms with Crippen LogP contribution in [0.25, 0.3) is 10.9 Å². The maximum atomic E-state index is 13.1. The Labute approximate surface area is 204 Å². The lowest BCUT2D eigenvalue weighted by Gasteiger charge is -2.23. The lowest BCUT2D eigenvalue weighted by atomic mass is 10.0. The van der Waals surface area contributed by atoms with Crippen molar-refractivity contribution in [3.05, 3.63) is 36.0 Å². The number of primary amides is 1. The smallest absolute Gasteiger partial charge is 0.243 e. The molecule has 0 spiro atoms. The fourth-order valence-corrected chi connectivity index (χ4v) is 3.71. The number of nitrogens with zero attached hydrogens (tertiary/aromatic N) is 1. The Morgan fingerprint density at radius 3 is 2.34 bits per heavy atom. The number of guanidine groups is 1. The molecule has 0 bridgehead atoms. The Morgan fingerprint density at radius 1 is 0.943 bits per heavy atom. The second kappa shape index (κ2) is 13.9. The summed E-state index contributed by atoms with van der Waals surface area (Å²) in [6.45, 7) is 0.786. The van der Waals surface area contributed by atoms with Crippen LogP contribution in [0.5, 0.6) is 0 Å². The SMILES string of the molecule is NCCCC[C@@H](N)C(=O)N[C@@H](CCCN=C(N)N)C(=O)N[C@@H](Cc1c[nH]c2ccccc12)C(N)=O. The molecule has 35 heavy (non-hydrogen) atoms. The van der Waals surface area contributed by atoms with E-state index in [9.17, 15) is 14.4 Å². The van der Waals surface area contributed by atoms with Gasteiger partial charge in [-0.25, -0.2) is 0 Å². The number of hydrogen-bond acceptors (Lipinski definition) is 6. The maximum absolute atomic E-state index is 13.1. The molecule has 2 aromatic rings. The van der Waals surface area contributed by atoms with Crippen LogP contribution in [0.4, 0.5) is 0 Å². The molecule has 0 aliphatic heterocycles. The first kappa shape index (κ1) is 27.6. The van der Waals surface area contributed by atoms with Crippen molar-refractivity contribution >= 4 is 34.6 Å². The number of carbonyl (C=O) groups excluding carboxylic acids is 3. The Morgan fingerprint density at radius 2 is 1.66 bits per heavy atom. The number of hydrogen-bond donors (Lipinski definition) is 8. The molecule has 0 aliphatic carbocycles. The number of nitrogens with one attached hydrogen (secondary N) is 3. The van der Waals surface area contributed by atoms with Gasteiger partial charge < -0.3 is 44.3 Å². The number of carbonyl (C=O) groups is 3. The third-order valence-corrected chi connectivity index (χ3v) is 5.64. The van der Waals surface area contributed by atoms with Gasteiger partial charge in [-0.2, -0.15) is 0 Å². The lowest BCUT2D eigenvalue weighted by molar-refractivity contribution is -0.132. The van der Waals surface area contributed by atoms with E-state index >= 15 is 0 Å². The third kappa shape index (κ3) is 8.91. The fraction of sp³-hybridized carbons (Fsp3) is 0.478. The normalized spacial score (nSPS) is 13.5. The molecule has 1 aromatic carbocycles. The van der Waals surface area contributed by atoms with Crippen molar-refractivity contribution < 1.29 is 14.4 Å². The molecule has 0 saturated heterocycles. The molecule has 1 aromatic heterocycles. The van der Waals surface area contributed by atoms with E-state index in [1.807, 2.05) is 24.3 Å². The van der Waals surface area contributed by atoms with Crippen molar-refractivity contribution in [2.24, 2.45) is 33.7 Å². The predicted molar refractivity (Wildman–Crippen MR) is 136 cm³/mol. The van der Waals surface area contributed by atoms with Crippen LogP contribution in [-0.4, -0.2) is 59.9 Å². The molecule has 13 N–H and O–H groups in total. The first-order chi connectivity index (χ1) is 16.7. The highest BCUT2D eigenvalue weighted by Crippen LogP contribution is 2.19. The zero-order chi connectivity index (χ0) is 25.8. The van der Waals surface area contributed by atoms with Gasteiger partial charge in [-0.1, -0.05) is 24.6 Å². The number of unbranched alkanes of at least 4 members (excludes halogenated alkanes) is 1. The minimum atomic E-state index is -0.975. The summed E-state index contributed by atoms with van der Waals surface area (Å²) in [6, 6.07) is 4.91. The van der Waals surface area contributed by atoms with E-state index in [4.69, 9.17) is 28.7 Å². The zero-order valence-corrected chi connectivity index (χ0v) is 19.8. The molecule has 0 radical (unpaired) electrons.